The van der Waals surface area contributed by atoms with E-state index in [1.165, 1.54) is 18.2 Å². The summed E-state index contributed by atoms with van der Waals surface area (Å²) in [7, 11) is -4.62. The molecule has 0 aromatic rings. The van der Waals surface area contributed by atoms with Gasteiger partial charge in [-0.25, -0.2) is 0 Å². The first-order chi connectivity index (χ1) is 8.00. The third-order valence-electron chi connectivity index (χ3n) is 2.26. The lowest BCUT2D eigenvalue weighted by atomic mass is 9.94. The Labute approximate surface area is 109 Å². The number of allylic oxidation sites excluding steroid dienone is 8. The number of hydrogen-bond donors (Lipinski definition) is 0. The summed E-state index contributed by atoms with van der Waals surface area (Å²) in [5.41, 5.74) is 1.31. The van der Waals surface area contributed by atoms with Crippen LogP contribution < -0.4 is 0 Å². The molecule has 0 atom stereocenters. The van der Waals surface area contributed by atoms with Crippen molar-refractivity contribution in [3.05, 3.63) is 46.0 Å². The first-order valence-corrected chi connectivity index (χ1v) is 7.36. The second kappa shape index (κ2) is 4.59. The van der Waals surface area contributed by atoms with Crippen molar-refractivity contribution in [2.75, 3.05) is 0 Å². The van der Waals surface area contributed by atoms with E-state index in [9.17, 15) is 16.8 Å². The van der Waals surface area contributed by atoms with Gasteiger partial charge in [-0.15, -0.1) is 0 Å². The molecule has 0 amide bonds. The van der Waals surface area contributed by atoms with Crippen molar-refractivity contribution < 1.29 is 16.8 Å². The molecule has 0 unspecified atom stereocenters. The van der Waals surface area contributed by atoms with Crippen molar-refractivity contribution >= 4 is 46.2 Å². The van der Waals surface area contributed by atoms with E-state index in [-0.39, 0.29) is 9.73 Å². The predicted molar refractivity (Wildman–Crippen MR) is 70.2 cm³/mol. The summed E-state index contributed by atoms with van der Waals surface area (Å²) in [6, 6.07) is 0. The Morgan fingerprint density at radius 2 is 1.59 bits per heavy atom. The van der Waals surface area contributed by atoms with E-state index in [0.717, 1.165) is 0 Å². The average molecular weight is 333 g/mol. The predicted octanol–water partition coefficient (Wildman–Crippen LogP) is 0.804. The molecule has 2 rings (SSSR count). The molecule has 0 aromatic heterocycles. The normalized spacial score (nSPS) is 18.1. The summed E-state index contributed by atoms with van der Waals surface area (Å²) in [6.07, 6.45) is 7.48. The van der Waals surface area contributed by atoms with Crippen LogP contribution in [0.25, 0.3) is 0 Å². The maximum absolute atomic E-state index is 10.9. The third kappa shape index (κ3) is 2.26. The van der Waals surface area contributed by atoms with Crippen LogP contribution in [0.1, 0.15) is 0 Å². The fraction of sp³-hybridized carbons (Fsp3) is 0. The van der Waals surface area contributed by atoms with Crippen LogP contribution in [0.2, 0.25) is 0 Å². The summed E-state index contributed by atoms with van der Waals surface area (Å²) in [5, 5.41) is 0. The average Bonchev–Trinajstić information content (AvgIpc) is 2.28. The minimum atomic E-state index is -2.33. The molecule has 7 heteroatoms. The van der Waals surface area contributed by atoms with Gasteiger partial charge < -0.3 is 0 Å². The van der Waals surface area contributed by atoms with Crippen molar-refractivity contribution in [3.63, 3.8) is 0 Å². The number of fused-ring (bicyclic) bond motifs is 1. The monoisotopic (exact) mass is 332 g/mol. The van der Waals surface area contributed by atoms with Crippen molar-refractivity contribution in [3.8, 4) is 0 Å². The first kappa shape index (κ1) is 12.3. The Bertz CT molecular complexity index is 771. The number of hydrogen-bond acceptors (Lipinski definition) is 4. The molecule has 0 spiro atoms. The van der Waals surface area contributed by atoms with Crippen LogP contribution in [0.4, 0.5) is 0 Å². The lowest BCUT2D eigenvalue weighted by Crippen LogP contribution is -2.09. The summed E-state index contributed by atoms with van der Waals surface area (Å²) in [6.45, 7) is 0. The van der Waals surface area contributed by atoms with Crippen LogP contribution in [0.15, 0.2) is 46.0 Å². The topological polar surface area (TPSA) is 68.3 Å². The van der Waals surface area contributed by atoms with E-state index in [1.54, 1.807) is 12.2 Å². The first-order valence-electron chi connectivity index (χ1n) is 4.41. The van der Waals surface area contributed by atoms with Crippen molar-refractivity contribution in [2.45, 2.75) is 0 Å². The van der Waals surface area contributed by atoms with Crippen LogP contribution in [0.5, 0.6) is 0 Å². The maximum Gasteiger partial charge on any atom is 0.222 e. The zero-order valence-electron chi connectivity index (χ0n) is 8.21. The second-order valence-corrected chi connectivity index (χ2v) is 5.87. The number of halogens is 1. The van der Waals surface area contributed by atoms with Crippen LogP contribution in [0.3, 0.4) is 0 Å². The molecule has 0 fully saturated rings. The number of rotatable bonds is 0. The van der Waals surface area contributed by atoms with Crippen molar-refractivity contribution in [2.24, 2.45) is 0 Å². The van der Waals surface area contributed by atoms with E-state index in [1.807, 2.05) is 0 Å². The van der Waals surface area contributed by atoms with Gasteiger partial charge in [-0.1, -0.05) is 12.2 Å². The lowest BCUT2D eigenvalue weighted by Gasteiger charge is -2.15. The molecule has 0 heterocycles. The minimum absolute atomic E-state index is 0.147. The van der Waals surface area contributed by atoms with Gasteiger partial charge in [-0.05, 0) is 45.3 Å². The van der Waals surface area contributed by atoms with E-state index >= 15 is 0 Å². The Morgan fingerprint density at radius 3 is 2.18 bits per heavy atom. The highest BCUT2D eigenvalue weighted by Crippen LogP contribution is 2.29. The van der Waals surface area contributed by atoms with Crippen molar-refractivity contribution in [1.29, 1.82) is 0 Å². The zero-order chi connectivity index (χ0) is 12.6. The maximum atomic E-state index is 10.9. The Hall–Kier alpha value is -1.18. The van der Waals surface area contributed by atoms with Crippen LogP contribution in [0, 0.1) is 0 Å². The van der Waals surface area contributed by atoms with Crippen molar-refractivity contribution in [1.82, 2.24) is 0 Å². The fourth-order valence-electron chi connectivity index (χ4n) is 1.48. The standard InChI is InChI=1S/C10H5BrO4S2/c11-10-8-3-2-7(16(12)13)5-6(8)1-4-9(10)17(14)15/h1-5H. The van der Waals surface area contributed by atoms with E-state index in [0.29, 0.717) is 15.6 Å². The highest BCUT2D eigenvalue weighted by atomic mass is 79.9. The van der Waals surface area contributed by atoms with Gasteiger partial charge >= 0.3 is 0 Å². The lowest BCUT2D eigenvalue weighted by molar-refractivity contribution is 0.625. The van der Waals surface area contributed by atoms with E-state index < -0.39 is 20.6 Å². The molecular weight excluding hydrogens is 328 g/mol. The van der Waals surface area contributed by atoms with E-state index in [4.69, 9.17) is 0 Å². The molecule has 0 N–H and O–H groups in total. The molecule has 2 aliphatic rings. The van der Waals surface area contributed by atoms with Crippen LogP contribution >= 0.6 is 15.9 Å². The fourth-order valence-corrected chi connectivity index (χ4v) is 3.21. The van der Waals surface area contributed by atoms with Gasteiger partial charge in [0.15, 0.2) is 0 Å². The van der Waals surface area contributed by atoms with E-state index in [2.05, 4.69) is 15.9 Å². The molecule has 0 aliphatic heterocycles. The summed E-state index contributed by atoms with van der Waals surface area (Å²) < 4.78 is 43.8. The highest BCUT2D eigenvalue weighted by molar-refractivity contribution is 9.12. The Kier molecular flexibility index (Phi) is 3.32. The van der Waals surface area contributed by atoms with Gasteiger partial charge in [-0.3, -0.25) is 0 Å². The molecule has 17 heavy (non-hydrogen) atoms. The highest BCUT2D eigenvalue weighted by Gasteiger charge is 2.18. The minimum Gasteiger partial charge on any atom is -0.184 e. The van der Waals surface area contributed by atoms with Gasteiger partial charge in [0, 0.05) is 4.48 Å². The molecule has 88 valence electrons. The van der Waals surface area contributed by atoms with Gasteiger partial charge in [0.1, 0.15) is 4.86 Å². The largest absolute Gasteiger partial charge is 0.222 e. The van der Waals surface area contributed by atoms with Gasteiger partial charge in [0.05, 0.1) is 4.86 Å². The molecule has 4 nitrogen and oxygen atoms in total. The Balaban J connectivity index is 2.72. The second-order valence-electron chi connectivity index (χ2n) is 3.23. The van der Waals surface area contributed by atoms with Crippen LogP contribution in [-0.4, -0.2) is 26.6 Å². The SMILES string of the molecule is O=S(=O)=C1C=CC2=C(Br)C(=S(=O)=O)C=CC2=C1. The molecule has 2 aliphatic carbocycles. The molecule has 0 saturated carbocycles. The molecular formula is C10H5BrO4S2. The smallest absolute Gasteiger partial charge is 0.184 e. The van der Waals surface area contributed by atoms with Crippen LogP contribution in [-0.2, 0) is 20.6 Å². The summed E-state index contributed by atoms with van der Waals surface area (Å²) >= 11 is 3.20. The van der Waals surface area contributed by atoms with Gasteiger partial charge in [-0.2, -0.15) is 16.8 Å². The summed E-state index contributed by atoms with van der Waals surface area (Å²) in [4.78, 5) is 0.314. The third-order valence-corrected chi connectivity index (χ3v) is 4.72. The molecule has 0 bridgehead atoms. The zero-order valence-corrected chi connectivity index (χ0v) is 11.4. The molecule has 0 radical (unpaired) electrons. The molecule has 0 aromatic carbocycles. The quantitative estimate of drug-likeness (QED) is 0.615. The molecule has 0 saturated heterocycles. The van der Waals surface area contributed by atoms with Gasteiger partial charge in [0.2, 0.25) is 20.6 Å². The van der Waals surface area contributed by atoms with Gasteiger partial charge in [0.25, 0.3) is 0 Å². The summed E-state index contributed by atoms with van der Waals surface area (Å²) in [5.74, 6) is 0. The Morgan fingerprint density at radius 1 is 0.882 bits per heavy atom.